The number of benzene rings is 1. The molecule has 0 N–H and O–H groups in total. The van der Waals surface area contributed by atoms with Crippen LogP contribution in [0.3, 0.4) is 0 Å². The van der Waals surface area contributed by atoms with Crippen molar-refractivity contribution in [2.45, 2.75) is 77.0 Å². The molecule has 1 aromatic carbocycles. The van der Waals surface area contributed by atoms with Crippen LogP contribution in [-0.4, -0.2) is 46.9 Å². The molecule has 140 valence electrons. The lowest BCUT2D eigenvalue weighted by Crippen LogP contribution is -2.53. The second kappa shape index (κ2) is 7.71. The molecule has 0 spiro atoms. The van der Waals surface area contributed by atoms with Gasteiger partial charge in [-0.25, -0.2) is 8.78 Å². The number of hydrogen-bond acceptors (Lipinski definition) is 2. The number of likely N-dealkylation sites (tertiary alicyclic amines) is 1. The summed E-state index contributed by atoms with van der Waals surface area (Å²) in [6.45, 7) is 9.06. The van der Waals surface area contributed by atoms with Gasteiger partial charge >= 0.3 is 0 Å². The maximum absolute atomic E-state index is 14.4. The van der Waals surface area contributed by atoms with Crippen LogP contribution in [0.1, 0.15) is 52.0 Å². The molecule has 3 rings (SSSR count). The number of hydrogen-bond donors (Lipinski definition) is 0. The average Bonchev–Trinajstić information content (AvgIpc) is 3.06. The van der Waals surface area contributed by atoms with Crippen LogP contribution in [0, 0.1) is 5.92 Å². The fourth-order valence-corrected chi connectivity index (χ4v) is 4.58. The Morgan fingerprint density at radius 1 is 1.20 bits per heavy atom. The Labute approximate surface area is 151 Å². The minimum absolute atomic E-state index is 0.0268. The minimum atomic E-state index is -2.53. The van der Waals surface area contributed by atoms with Crippen molar-refractivity contribution in [1.29, 1.82) is 0 Å². The van der Waals surface area contributed by atoms with Crippen LogP contribution in [0.4, 0.5) is 8.78 Å². The lowest BCUT2D eigenvalue weighted by atomic mass is 9.81. The number of alkyl halides is 2. The van der Waals surface area contributed by atoms with E-state index in [-0.39, 0.29) is 12.5 Å². The van der Waals surface area contributed by atoms with Gasteiger partial charge in [0.15, 0.2) is 0 Å². The number of nitrogens with zero attached hydrogens (tertiary/aromatic N) is 2. The van der Waals surface area contributed by atoms with Gasteiger partial charge in [-0.05, 0) is 38.7 Å². The quantitative estimate of drug-likeness (QED) is 0.753. The highest BCUT2D eigenvalue weighted by atomic mass is 19.3. The molecule has 25 heavy (non-hydrogen) atoms. The van der Waals surface area contributed by atoms with Crippen molar-refractivity contribution in [2.75, 3.05) is 13.1 Å². The van der Waals surface area contributed by atoms with Crippen LogP contribution in [0.15, 0.2) is 30.3 Å². The summed E-state index contributed by atoms with van der Waals surface area (Å²) in [7, 11) is 0. The van der Waals surface area contributed by atoms with E-state index in [1.807, 2.05) is 18.2 Å². The molecule has 1 saturated carbocycles. The lowest BCUT2D eigenvalue weighted by molar-refractivity contribution is -0.119. The normalized spacial score (nSPS) is 30.3. The summed E-state index contributed by atoms with van der Waals surface area (Å²) in [5, 5.41) is 0. The molecule has 2 fully saturated rings. The summed E-state index contributed by atoms with van der Waals surface area (Å²) in [5.41, 5.74) is 1.23. The molecule has 1 heterocycles. The largest absolute Gasteiger partial charge is 0.299 e. The highest BCUT2D eigenvalue weighted by molar-refractivity contribution is 5.15. The predicted molar refractivity (Wildman–Crippen MR) is 98.8 cm³/mol. The van der Waals surface area contributed by atoms with Crippen molar-refractivity contribution < 1.29 is 8.78 Å². The van der Waals surface area contributed by atoms with E-state index >= 15 is 0 Å². The molecule has 4 heteroatoms. The molecule has 2 aliphatic rings. The monoisotopic (exact) mass is 350 g/mol. The summed E-state index contributed by atoms with van der Waals surface area (Å²) in [4.78, 5) is 4.89. The maximum Gasteiger partial charge on any atom is 0.252 e. The zero-order chi connectivity index (χ0) is 18.0. The van der Waals surface area contributed by atoms with Crippen LogP contribution in [-0.2, 0) is 6.54 Å². The van der Waals surface area contributed by atoms with Gasteiger partial charge in [-0.3, -0.25) is 9.80 Å². The molecular weight excluding hydrogens is 318 g/mol. The first-order valence-corrected chi connectivity index (χ1v) is 9.80. The summed E-state index contributed by atoms with van der Waals surface area (Å²) >= 11 is 0. The van der Waals surface area contributed by atoms with Crippen molar-refractivity contribution in [1.82, 2.24) is 9.80 Å². The minimum Gasteiger partial charge on any atom is -0.299 e. The third-order valence-corrected chi connectivity index (χ3v) is 6.28. The highest BCUT2D eigenvalue weighted by Crippen LogP contribution is 2.42. The van der Waals surface area contributed by atoms with Gasteiger partial charge in [0.2, 0.25) is 0 Å². The molecule has 1 aliphatic heterocycles. The first kappa shape index (κ1) is 18.8. The molecule has 0 amide bonds. The van der Waals surface area contributed by atoms with Gasteiger partial charge in [-0.15, -0.1) is 0 Å². The third-order valence-electron chi connectivity index (χ3n) is 6.28. The number of rotatable bonds is 5. The topological polar surface area (TPSA) is 6.48 Å². The zero-order valence-corrected chi connectivity index (χ0v) is 15.8. The fraction of sp³-hybridized carbons (Fsp3) is 0.714. The Balaban J connectivity index is 1.81. The average molecular weight is 350 g/mol. The Morgan fingerprint density at radius 2 is 1.92 bits per heavy atom. The molecule has 1 saturated heterocycles. The van der Waals surface area contributed by atoms with E-state index in [1.165, 1.54) is 5.56 Å². The van der Waals surface area contributed by atoms with Crippen molar-refractivity contribution in [3.8, 4) is 0 Å². The summed E-state index contributed by atoms with van der Waals surface area (Å²) in [6, 6.07) is 11.2. The summed E-state index contributed by atoms with van der Waals surface area (Å²) < 4.78 is 28.8. The van der Waals surface area contributed by atoms with Gasteiger partial charge in [0.05, 0.1) is 0 Å². The SMILES string of the molecule is CC(C)N1CC[C@@H](N(Cc2ccccc2)[C@H]2CCCC(F)(F)[C@H]2C)C1. The Bertz CT molecular complexity index is 546. The standard InChI is InChI=1S/C21H32F2N2/c1-16(2)24-13-11-19(15-24)25(14-18-8-5-4-6-9-18)20-10-7-12-21(22,23)17(20)3/h4-6,8-9,16-17,19-20H,7,10-15H2,1-3H3/t17-,19+,20-/m0/s1. The van der Waals surface area contributed by atoms with Gasteiger partial charge < -0.3 is 0 Å². The van der Waals surface area contributed by atoms with Gasteiger partial charge in [-0.1, -0.05) is 37.3 Å². The summed E-state index contributed by atoms with van der Waals surface area (Å²) in [5.74, 6) is -3.10. The highest BCUT2D eigenvalue weighted by Gasteiger charge is 2.47. The molecule has 2 nitrogen and oxygen atoms in total. The van der Waals surface area contributed by atoms with E-state index in [2.05, 4.69) is 35.8 Å². The summed E-state index contributed by atoms with van der Waals surface area (Å²) in [6.07, 6.45) is 2.65. The van der Waals surface area contributed by atoms with E-state index in [9.17, 15) is 8.78 Å². The molecule has 3 atom stereocenters. The third kappa shape index (κ3) is 4.22. The van der Waals surface area contributed by atoms with Crippen molar-refractivity contribution >= 4 is 0 Å². The van der Waals surface area contributed by atoms with Gasteiger partial charge in [0, 0.05) is 50.1 Å². The maximum atomic E-state index is 14.4. The molecule has 0 bridgehead atoms. The molecule has 1 aliphatic carbocycles. The lowest BCUT2D eigenvalue weighted by Gasteiger charge is -2.45. The van der Waals surface area contributed by atoms with Crippen LogP contribution in [0.5, 0.6) is 0 Å². The second-order valence-electron chi connectivity index (χ2n) is 8.20. The van der Waals surface area contributed by atoms with Crippen molar-refractivity contribution in [3.63, 3.8) is 0 Å². The molecular formula is C21H32F2N2. The van der Waals surface area contributed by atoms with E-state index in [0.29, 0.717) is 18.5 Å². The van der Waals surface area contributed by atoms with E-state index < -0.39 is 11.8 Å². The molecule has 0 radical (unpaired) electrons. The zero-order valence-electron chi connectivity index (χ0n) is 15.8. The van der Waals surface area contributed by atoms with Crippen LogP contribution in [0.25, 0.3) is 0 Å². The van der Waals surface area contributed by atoms with Crippen molar-refractivity contribution in [3.05, 3.63) is 35.9 Å². The van der Waals surface area contributed by atoms with Gasteiger partial charge in [0.25, 0.3) is 5.92 Å². The van der Waals surface area contributed by atoms with Crippen LogP contribution in [0.2, 0.25) is 0 Å². The smallest absolute Gasteiger partial charge is 0.252 e. The Hall–Kier alpha value is -1.00. The van der Waals surface area contributed by atoms with Crippen LogP contribution >= 0.6 is 0 Å². The van der Waals surface area contributed by atoms with E-state index in [4.69, 9.17) is 0 Å². The fourth-order valence-electron chi connectivity index (χ4n) is 4.58. The van der Waals surface area contributed by atoms with Gasteiger partial charge in [-0.2, -0.15) is 0 Å². The molecule has 1 aromatic rings. The van der Waals surface area contributed by atoms with Crippen molar-refractivity contribution in [2.24, 2.45) is 5.92 Å². The first-order chi connectivity index (χ1) is 11.9. The molecule has 0 unspecified atom stereocenters. The first-order valence-electron chi connectivity index (χ1n) is 9.80. The van der Waals surface area contributed by atoms with E-state index in [1.54, 1.807) is 6.92 Å². The van der Waals surface area contributed by atoms with E-state index in [0.717, 1.165) is 32.5 Å². The second-order valence-corrected chi connectivity index (χ2v) is 8.20. The Kier molecular flexibility index (Phi) is 5.79. The van der Waals surface area contributed by atoms with Crippen LogP contribution < -0.4 is 0 Å². The molecule has 0 aromatic heterocycles. The predicted octanol–water partition coefficient (Wildman–Crippen LogP) is 4.80. The van der Waals surface area contributed by atoms with Gasteiger partial charge in [0.1, 0.15) is 0 Å². The Morgan fingerprint density at radius 3 is 2.56 bits per heavy atom. The number of halogens is 2.